The van der Waals surface area contributed by atoms with E-state index in [1.54, 1.807) is 0 Å². The van der Waals surface area contributed by atoms with Crippen molar-refractivity contribution >= 4 is 48.6 Å². The molecule has 124 valence electrons. The minimum absolute atomic E-state index is 0.255. The van der Waals surface area contributed by atoms with Crippen LogP contribution in [-0.4, -0.2) is 12.6 Å². The van der Waals surface area contributed by atoms with Crippen molar-refractivity contribution in [3.8, 4) is 0 Å². The molecular formula is C19H22Br2O2. The van der Waals surface area contributed by atoms with Gasteiger partial charge in [-0.25, -0.2) is 4.79 Å². The first-order valence-corrected chi connectivity index (χ1v) is 9.77. The molecule has 2 aromatic rings. The normalized spacial score (nSPS) is 10.9. The first kappa shape index (κ1) is 18.5. The Labute approximate surface area is 154 Å². The lowest BCUT2D eigenvalue weighted by atomic mass is 10.0. The van der Waals surface area contributed by atoms with Gasteiger partial charge in [0.05, 0.1) is 12.2 Å². The van der Waals surface area contributed by atoms with Crippen LogP contribution in [0, 0.1) is 0 Å². The van der Waals surface area contributed by atoms with Crippen molar-refractivity contribution in [1.82, 2.24) is 0 Å². The van der Waals surface area contributed by atoms with Crippen LogP contribution in [0.4, 0.5) is 0 Å². The average molecular weight is 442 g/mol. The summed E-state index contributed by atoms with van der Waals surface area (Å²) in [6, 6.07) is 9.75. The molecule has 0 aliphatic carbocycles. The van der Waals surface area contributed by atoms with E-state index in [9.17, 15) is 4.79 Å². The van der Waals surface area contributed by atoms with Gasteiger partial charge in [0.15, 0.2) is 0 Å². The van der Waals surface area contributed by atoms with E-state index in [-0.39, 0.29) is 5.97 Å². The van der Waals surface area contributed by atoms with Crippen molar-refractivity contribution in [1.29, 1.82) is 0 Å². The van der Waals surface area contributed by atoms with Crippen molar-refractivity contribution in [3.05, 3.63) is 44.8 Å². The van der Waals surface area contributed by atoms with E-state index in [2.05, 4.69) is 38.8 Å². The van der Waals surface area contributed by atoms with Gasteiger partial charge in [-0.3, -0.25) is 0 Å². The number of rotatable bonds is 8. The Morgan fingerprint density at radius 2 is 1.61 bits per heavy atom. The number of halogens is 2. The Bertz CT molecular complexity index is 668. The summed E-state index contributed by atoms with van der Waals surface area (Å²) in [4.78, 5) is 12.5. The smallest absolute Gasteiger partial charge is 0.339 e. The van der Waals surface area contributed by atoms with Crippen LogP contribution >= 0.6 is 31.9 Å². The molecule has 0 saturated heterocycles. The highest BCUT2D eigenvalue weighted by molar-refractivity contribution is 9.11. The van der Waals surface area contributed by atoms with Crippen molar-refractivity contribution < 1.29 is 9.53 Å². The Balaban J connectivity index is 1.99. The zero-order valence-electron chi connectivity index (χ0n) is 13.4. The maximum absolute atomic E-state index is 12.5. The molecule has 0 N–H and O–H groups in total. The predicted molar refractivity (Wildman–Crippen MR) is 103 cm³/mol. The van der Waals surface area contributed by atoms with Crippen LogP contribution < -0.4 is 0 Å². The van der Waals surface area contributed by atoms with Crippen LogP contribution in [0.5, 0.6) is 0 Å². The molecule has 0 aliphatic rings. The molecule has 0 radical (unpaired) electrons. The summed E-state index contributed by atoms with van der Waals surface area (Å²) in [7, 11) is 0. The minimum Gasteiger partial charge on any atom is -0.462 e. The number of esters is 1. The molecule has 2 rings (SSSR count). The number of carbonyl (C=O) groups excluding carboxylic acids is 1. The standard InChI is InChI=1S/C19H22Br2O2/c1-2-3-4-5-6-9-12-23-19(22)18-15-11-8-7-10-14(15)16(20)13-17(18)21/h7-8,10-11,13H,2-6,9,12H2,1H3. The quantitative estimate of drug-likeness (QED) is 0.329. The molecule has 0 atom stereocenters. The lowest BCUT2D eigenvalue weighted by Gasteiger charge is -2.11. The number of unbranched alkanes of at least 4 members (excludes halogenated alkanes) is 5. The van der Waals surface area contributed by atoms with Crippen molar-refractivity contribution in [2.45, 2.75) is 45.4 Å². The van der Waals surface area contributed by atoms with Gasteiger partial charge in [-0.2, -0.15) is 0 Å². The zero-order valence-corrected chi connectivity index (χ0v) is 16.6. The summed E-state index contributed by atoms with van der Waals surface area (Å²) in [5.41, 5.74) is 0.606. The fraction of sp³-hybridized carbons (Fsp3) is 0.421. The van der Waals surface area contributed by atoms with Crippen LogP contribution in [0.15, 0.2) is 39.3 Å². The first-order chi connectivity index (χ1) is 11.1. The average Bonchev–Trinajstić information content (AvgIpc) is 2.54. The summed E-state index contributed by atoms with van der Waals surface area (Å²) in [5, 5.41) is 1.92. The molecule has 0 spiro atoms. The summed E-state index contributed by atoms with van der Waals surface area (Å²) in [6.45, 7) is 2.70. The number of carbonyl (C=O) groups is 1. The van der Waals surface area contributed by atoms with Crippen LogP contribution in [0.1, 0.15) is 55.8 Å². The van der Waals surface area contributed by atoms with Gasteiger partial charge in [-0.15, -0.1) is 0 Å². The number of ether oxygens (including phenoxy) is 1. The lowest BCUT2D eigenvalue weighted by Crippen LogP contribution is -2.08. The fourth-order valence-corrected chi connectivity index (χ4v) is 4.11. The Morgan fingerprint density at radius 1 is 0.957 bits per heavy atom. The molecule has 0 fully saturated rings. The van der Waals surface area contributed by atoms with Crippen LogP contribution in [0.3, 0.4) is 0 Å². The van der Waals surface area contributed by atoms with E-state index in [4.69, 9.17) is 4.74 Å². The second-order valence-corrected chi connectivity index (χ2v) is 7.37. The molecule has 0 amide bonds. The topological polar surface area (TPSA) is 26.3 Å². The predicted octanol–water partition coefficient (Wildman–Crippen LogP) is 6.88. The summed E-state index contributed by atoms with van der Waals surface area (Å²) < 4.78 is 7.20. The van der Waals surface area contributed by atoms with E-state index in [0.29, 0.717) is 12.2 Å². The summed E-state index contributed by atoms with van der Waals surface area (Å²) >= 11 is 7.03. The van der Waals surface area contributed by atoms with Gasteiger partial charge in [-0.1, -0.05) is 79.2 Å². The second-order valence-electron chi connectivity index (χ2n) is 5.66. The molecule has 0 unspecified atom stereocenters. The number of benzene rings is 2. The second kappa shape index (κ2) is 9.43. The molecule has 0 bridgehead atoms. The molecule has 0 heterocycles. The lowest BCUT2D eigenvalue weighted by molar-refractivity contribution is 0.0499. The Morgan fingerprint density at radius 3 is 2.35 bits per heavy atom. The Hall–Kier alpha value is -0.870. The first-order valence-electron chi connectivity index (χ1n) is 8.19. The molecule has 2 nitrogen and oxygen atoms in total. The maximum atomic E-state index is 12.5. The molecular weight excluding hydrogens is 420 g/mol. The van der Waals surface area contributed by atoms with Gasteiger partial charge in [0, 0.05) is 8.95 Å². The fourth-order valence-electron chi connectivity index (χ4n) is 2.63. The Kier molecular flexibility index (Phi) is 7.57. The molecule has 2 aromatic carbocycles. The SMILES string of the molecule is CCCCCCCCOC(=O)c1c(Br)cc(Br)c2ccccc12. The van der Waals surface area contributed by atoms with E-state index in [1.165, 1.54) is 25.7 Å². The molecule has 0 saturated carbocycles. The largest absolute Gasteiger partial charge is 0.462 e. The van der Waals surface area contributed by atoms with E-state index in [0.717, 1.165) is 32.6 Å². The van der Waals surface area contributed by atoms with Gasteiger partial charge in [0.2, 0.25) is 0 Å². The van der Waals surface area contributed by atoms with Crippen LogP contribution in [0.25, 0.3) is 10.8 Å². The van der Waals surface area contributed by atoms with Crippen molar-refractivity contribution in [2.75, 3.05) is 6.61 Å². The zero-order chi connectivity index (χ0) is 16.7. The van der Waals surface area contributed by atoms with Gasteiger partial charge in [0.25, 0.3) is 0 Å². The summed E-state index contributed by atoms with van der Waals surface area (Å²) in [5.74, 6) is -0.255. The number of hydrogen-bond acceptors (Lipinski definition) is 2. The third-order valence-corrected chi connectivity index (χ3v) is 5.16. The molecule has 0 aliphatic heterocycles. The molecule has 23 heavy (non-hydrogen) atoms. The van der Waals surface area contributed by atoms with Gasteiger partial charge >= 0.3 is 5.97 Å². The van der Waals surface area contributed by atoms with Crippen molar-refractivity contribution in [3.63, 3.8) is 0 Å². The van der Waals surface area contributed by atoms with Crippen LogP contribution in [-0.2, 0) is 4.74 Å². The van der Waals surface area contributed by atoms with Crippen LogP contribution in [0.2, 0.25) is 0 Å². The molecule has 0 aromatic heterocycles. The van der Waals surface area contributed by atoms with Gasteiger partial charge in [-0.05, 0) is 39.2 Å². The highest BCUT2D eigenvalue weighted by atomic mass is 79.9. The number of fused-ring (bicyclic) bond motifs is 1. The van der Waals surface area contributed by atoms with Gasteiger partial charge < -0.3 is 4.74 Å². The van der Waals surface area contributed by atoms with E-state index in [1.807, 2.05) is 30.3 Å². The molecule has 4 heteroatoms. The van der Waals surface area contributed by atoms with E-state index >= 15 is 0 Å². The monoisotopic (exact) mass is 440 g/mol. The third kappa shape index (κ3) is 5.05. The maximum Gasteiger partial charge on any atom is 0.339 e. The van der Waals surface area contributed by atoms with E-state index < -0.39 is 0 Å². The van der Waals surface area contributed by atoms with Gasteiger partial charge in [0.1, 0.15) is 0 Å². The highest BCUT2D eigenvalue weighted by Gasteiger charge is 2.17. The van der Waals surface area contributed by atoms with Crippen molar-refractivity contribution in [2.24, 2.45) is 0 Å². The number of hydrogen-bond donors (Lipinski definition) is 0. The minimum atomic E-state index is -0.255. The third-order valence-electron chi connectivity index (χ3n) is 3.88. The summed E-state index contributed by atoms with van der Waals surface area (Å²) in [6.07, 6.45) is 7.08. The highest BCUT2D eigenvalue weighted by Crippen LogP contribution is 2.33.